The Bertz CT molecular complexity index is 1290. The predicted molar refractivity (Wildman–Crippen MR) is 106 cm³/mol. The van der Waals surface area contributed by atoms with Crippen molar-refractivity contribution in [3.8, 4) is 11.4 Å². The van der Waals surface area contributed by atoms with E-state index >= 15 is 0 Å². The Balaban J connectivity index is 1.34. The number of nitrogens with zero attached hydrogens (tertiary/aromatic N) is 5. The van der Waals surface area contributed by atoms with E-state index in [2.05, 4.69) is 25.9 Å². The number of aromatic nitrogens is 4. The van der Waals surface area contributed by atoms with Gasteiger partial charge in [0.05, 0.1) is 0 Å². The van der Waals surface area contributed by atoms with Crippen LogP contribution in [-0.4, -0.2) is 37.6 Å². The molecule has 8 nitrogen and oxygen atoms in total. The number of Topliss-reactive ketones (excluding diaryl/α,β-unsaturated/α-hetero) is 1. The molecule has 0 unspecified atom stereocenters. The molecule has 0 aliphatic heterocycles. The number of hydrogen-bond donors (Lipinski definition) is 1. The zero-order valence-electron chi connectivity index (χ0n) is 15.1. The average molecular weight is 382 g/mol. The molecule has 1 heterocycles. The van der Waals surface area contributed by atoms with Crippen molar-refractivity contribution in [2.45, 2.75) is 6.54 Å². The van der Waals surface area contributed by atoms with Crippen molar-refractivity contribution in [3.05, 3.63) is 77.9 Å². The van der Waals surface area contributed by atoms with E-state index in [0.29, 0.717) is 17.0 Å². The lowest BCUT2D eigenvalue weighted by Gasteiger charge is -2.01. The maximum Gasteiger partial charge on any atom is 0.263 e. The summed E-state index contributed by atoms with van der Waals surface area (Å²) in [6, 6.07) is 20.5. The Morgan fingerprint density at radius 1 is 0.966 bits per heavy atom. The Kier molecular flexibility index (Phi) is 3.94. The van der Waals surface area contributed by atoms with Gasteiger partial charge in [0.2, 0.25) is 11.6 Å². The summed E-state index contributed by atoms with van der Waals surface area (Å²) in [5.41, 5.74) is 4.77. The summed E-state index contributed by atoms with van der Waals surface area (Å²) in [6.07, 6.45) is 0. The van der Waals surface area contributed by atoms with Gasteiger partial charge in [-0.15, -0.1) is 10.2 Å². The number of hydrogen-bond acceptors (Lipinski definition) is 6. The van der Waals surface area contributed by atoms with Crippen LogP contribution >= 0.6 is 0 Å². The molecule has 0 saturated carbocycles. The molecule has 4 aromatic rings. The first-order valence-corrected chi connectivity index (χ1v) is 8.97. The van der Waals surface area contributed by atoms with E-state index in [9.17, 15) is 9.59 Å². The molecular formula is C21H14N6O2. The standard InChI is InChI=1S/C21H14N6O2/c28-17(12-27-25-21(24-26-27)14-6-2-1-3-7-14)22-23-19-15-10-4-8-13-9-5-11-16(18(13)15)20(19)29/h1-11H,12H2,(H,22,28)/b23-19+. The fourth-order valence-electron chi connectivity index (χ4n) is 3.38. The SMILES string of the molecule is O=C(Cn1nnc(-c2ccccc2)n1)N/N=C1/C(=O)c2cccc3cccc1c23. The minimum absolute atomic E-state index is 0.165. The highest BCUT2D eigenvalue weighted by Crippen LogP contribution is 2.30. The molecule has 140 valence electrons. The second-order valence-corrected chi connectivity index (χ2v) is 6.54. The topological polar surface area (TPSA) is 102 Å². The summed E-state index contributed by atoms with van der Waals surface area (Å²) in [4.78, 5) is 26.1. The fraction of sp³-hybridized carbons (Fsp3) is 0.0476. The van der Waals surface area contributed by atoms with E-state index in [1.165, 1.54) is 4.80 Å². The largest absolute Gasteiger partial charge is 0.287 e. The summed E-state index contributed by atoms with van der Waals surface area (Å²) in [5.74, 6) is -0.231. The van der Waals surface area contributed by atoms with Gasteiger partial charge < -0.3 is 0 Å². The molecule has 0 bridgehead atoms. The third-order valence-electron chi connectivity index (χ3n) is 4.68. The Morgan fingerprint density at radius 3 is 2.52 bits per heavy atom. The summed E-state index contributed by atoms with van der Waals surface area (Å²) >= 11 is 0. The lowest BCUT2D eigenvalue weighted by atomic mass is 10.1. The molecule has 29 heavy (non-hydrogen) atoms. The van der Waals surface area contributed by atoms with E-state index < -0.39 is 5.91 Å². The quantitative estimate of drug-likeness (QED) is 0.545. The molecule has 0 atom stereocenters. The monoisotopic (exact) mass is 382 g/mol. The number of nitrogens with one attached hydrogen (secondary N) is 1. The van der Waals surface area contributed by atoms with E-state index in [1.807, 2.05) is 60.7 Å². The molecule has 0 saturated heterocycles. The number of benzene rings is 3. The second kappa shape index (κ2) is 6.75. The van der Waals surface area contributed by atoms with Gasteiger partial charge in [-0.1, -0.05) is 66.7 Å². The molecular weight excluding hydrogens is 368 g/mol. The predicted octanol–water partition coefficient (Wildman–Crippen LogP) is 2.21. The van der Waals surface area contributed by atoms with Gasteiger partial charge in [-0.25, -0.2) is 5.43 Å². The molecule has 1 aromatic heterocycles. The zero-order chi connectivity index (χ0) is 19.8. The van der Waals surface area contributed by atoms with Crippen LogP contribution in [0.2, 0.25) is 0 Å². The lowest BCUT2D eigenvalue weighted by Crippen LogP contribution is -2.26. The third kappa shape index (κ3) is 2.96. The number of ketones is 1. The van der Waals surface area contributed by atoms with Crippen molar-refractivity contribution in [2.75, 3.05) is 0 Å². The minimum Gasteiger partial charge on any atom is -0.287 e. The number of carbonyl (C=O) groups is 2. The highest BCUT2D eigenvalue weighted by molar-refractivity contribution is 6.59. The normalized spacial score (nSPS) is 13.9. The van der Waals surface area contributed by atoms with Gasteiger partial charge in [-0.3, -0.25) is 9.59 Å². The number of rotatable bonds is 4. The van der Waals surface area contributed by atoms with Gasteiger partial charge in [-0.2, -0.15) is 9.90 Å². The van der Waals surface area contributed by atoms with Crippen LogP contribution in [0, 0.1) is 0 Å². The molecule has 1 aliphatic carbocycles. The summed E-state index contributed by atoms with van der Waals surface area (Å²) in [7, 11) is 0. The Hall–Kier alpha value is -4.20. The van der Waals surface area contributed by atoms with Crippen LogP contribution in [0.25, 0.3) is 22.2 Å². The molecule has 1 N–H and O–H groups in total. The van der Waals surface area contributed by atoms with E-state index in [4.69, 9.17) is 0 Å². The highest BCUT2D eigenvalue weighted by Gasteiger charge is 2.28. The summed E-state index contributed by atoms with van der Waals surface area (Å²) in [5, 5.41) is 17.9. The maximum absolute atomic E-state index is 12.7. The van der Waals surface area contributed by atoms with Crippen LogP contribution in [0.15, 0.2) is 71.8 Å². The first-order chi connectivity index (χ1) is 14.2. The van der Waals surface area contributed by atoms with Crippen LogP contribution in [0.1, 0.15) is 15.9 Å². The van der Waals surface area contributed by atoms with Crippen LogP contribution in [0.3, 0.4) is 0 Å². The molecule has 0 radical (unpaired) electrons. The fourth-order valence-corrected chi connectivity index (χ4v) is 3.38. The average Bonchev–Trinajstić information content (AvgIpc) is 3.32. The first-order valence-electron chi connectivity index (χ1n) is 8.97. The smallest absolute Gasteiger partial charge is 0.263 e. The Labute approximate surface area is 164 Å². The number of tetrazole rings is 1. The van der Waals surface area contributed by atoms with Gasteiger partial charge in [0, 0.05) is 22.1 Å². The van der Waals surface area contributed by atoms with Crippen LogP contribution in [0.4, 0.5) is 0 Å². The van der Waals surface area contributed by atoms with Crippen molar-refractivity contribution in [1.82, 2.24) is 25.6 Å². The number of hydrazone groups is 1. The molecule has 1 aliphatic rings. The van der Waals surface area contributed by atoms with Crippen molar-refractivity contribution >= 4 is 28.2 Å². The van der Waals surface area contributed by atoms with Crippen molar-refractivity contribution in [2.24, 2.45) is 5.10 Å². The molecule has 5 rings (SSSR count). The van der Waals surface area contributed by atoms with Crippen LogP contribution in [-0.2, 0) is 11.3 Å². The second-order valence-electron chi connectivity index (χ2n) is 6.54. The maximum atomic E-state index is 12.7. The van der Waals surface area contributed by atoms with Gasteiger partial charge in [0.1, 0.15) is 12.3 Å². The van der Waals surface area contributed by atoms with Gasteiger partial charge in [-0.05, 0) is 10.6 Å². The summed E-state index contributed by atoms with van der Waals surface area (Å²) < 4.78 is 0. The molecule has 8 heteroatoms. The number of carbonyl (C=O) groups excluding carboxylic acids is 2. The van der Waals surface area contributed by atoms with E-state index in [0.717, 1.165) is 16.3 Å². The first kappa shape index (κ1) is 16.9. The summed E-state index contributed by atoms with van der Waals surface area (Å²) in [6.45, 7) is -0.165. The van der Waals surface area contributed by atoms with Crippen molar-refractivity contribution in [1.29, 1.82) is 0 Å². The van der Waals surface area contributed by atoms with Crippen molar-refractivity contribution < 1.29 is 9.59 Å². The lowest BCUT2D eigenvalue weighted by molar-refractivity contribution is -0.122. The Morgan fingerprint density at radius 2 is 1.72 bits per heavy atom. The molecule has 3 aromatic carbocycles. The molecule has 0 fully saturated rings. The van der Waals surface area contributed by atoms with Crippen LogP contribution in [0.5, 0.6) is 0 Å². The van der Waals surface area contributed by atoms with E-state index in [1.54, 1.807) is 6.07 Å². The molecule has 1 amide bonds. The van der Waals surface area contributed by atoms with Gasteiger partial charge >= 0.3 is 0 Å². The van der Waals surface area contributed by atoms with Crippen LogP contribution < -0.4 is 5.43 Å². The molecule has 0 spiro atoms. The zero-order valence-corrected chi connectivity index (χ0v) is 15.1. The number of amides is 1. The minimum atomic E-state index is -0.453. The van der Waals surface area contributed by atoms with Crippen molar-refractivity contribution in [3.63, 3.8) is 0 Å². The van der Waals surface area contributed by atoms with Gasteiger partial charge in [0.25, 0.3) is 5.91 Å². The van der Waals surface area contributed by atoms with E-state index in [-0.39, 0.29) is 18.0 Å². The van der Waals surface area contributed by atoms with Gasteiger partial charge in [0.15, 0.2) is 0 Å². The third-order valence-corrected chi connectivity index (χ3v) is 4.68. The highest BCUT2D eigenvalue weighted by atomic mass is 16.2.